The highest BCUT2D eigenvalue weighted by molar-refractivity contribution is 5.81. The summed E-state index contributed by atoms with van der Waals surface area (Å²) >= 11 is 0. The van der Waals surface area contributed by atoms with Crippen LogP contribution in [0, 0.1) is 5.82 Å². The third kappa shape index (κ3) is 3.93. The molecule has 1 saturated heterocycles. The Morgan fingerprint density at radius 3 is 2.95 bits per heavy atom. The van der Waals surface area contributed by atoms with Crippen LogP contribution >= 0.6 is 0 Å². The fourth-order valence-corrected chi connectivity index (χ4v) is 2.56. The molecule has 1 fully saturated rings. The van der Waals surface area contributed by atoms with Crippen LogP contribution in [-0.2, 0) is 9.53 Å². The molecule has 0 saturated carbocycles. The third-order valence-corrected chi connectivity index (χ3v) is 3.61. The normalized spacial score (nSPS) is 18.2. The van der Waals surface area contributed by atoms with Gasteiger partial charge in [0, 0.05) is 6.54 Å². The van der Waals surface area contributed by atoms with Gasteiger partial charge in [0.05, 0.1) is 13.2 Å². The van der Waals surface area contributed by atoms with Crippen LogP contribution in [0.1, 0.15) is 30.9 Å². The van der Waals surface area contributed by atoms with Gasteiger partial charge in [-0.3, -0.25) is 4.79 Å². The van der Waals surface area contributed by atoms with E-state index in [9.17, 15) is 14.0 Å². The van der Waals surface area contributed by atoms with Crippen molar-refractivity contribution in [1.82, 2.24) is 10.2 Å². The second kappa shape index (κ2) is 7.06. The number of carbonyl (C=O) groups is 2. The molecule has 0 radical (unpaired) electrons. The van der Waals surface area contributed by atoms with E-state index in [1.807, 2.05) is 6.07 Å². The van der Waals surface area contributed by atoms with E-state index in [1.54, 1.807) is 11.0 Å². The molecular weight excluding hydrogens is 275 g/mol. The Balaban J connectivity index is 2.08. The van der Waals surface area contributed by atoms with Crippen LogP contribution in [0.15, 0.2) is 24.3 Å². The van der Waals surface area contributed by atoms with Gasteiger partial charge in [-0.25, -0.2) is 9.18 Å². The van der Waals surface area contributed by atoms with Crippen LogP contribution in [0.4, 0.5) is 9.18 Å². The van der Waals surface area contributed by atoms with E-state index in [4.69, 9.17) is 0 Å². The van der Waals surface area contributed by atoms with Gasteiger partial charge in [0.2, 0.25) is 0 Å². The minimum absolute atomic E-state index is 0.160. The summed E-state index contributed by atoms with van der Waals surface area (Å²) in [5, 5.41) is 2.54. The van der Waals surface area contributed by atoms with Crippen LogP contribution in [-0.4, -0.2) is 37.1 Å². The number of hydrogen-bond donors (Lipinski definition) is 1. The highest BCUT2D eigenvalue weighted by Gasteiger charge is 2.28. The van der Waals surface area contributed by atoms with Gasteiger partial charge in [0.1, 0.15) is 12.4 Å². The molecule has 0 aliphatic carbocycles. The summed E-state index contributed by atoms with van der Waals surface area (Å²) in [5.41, 5.74) is 0.780. The van der Waals surface area contributed by atoms with Crippen LogP contribution in [0.5, 0.6) is 0 Å². The Morgan fingerprint density at radius 2 is 2.24 bits per heavy atom. The standard InChI is InChI=1S/C15H19FN2O3/c1-21-14(19)10-17-15(20)18-8-3-2-7-13(18)11-5-4-6-12(16)9-11/h4-6,9,13H,2-3,7-8,10H2,1H3,(H,17,20)/t13-/m0/s1. The summed E-state index contributed by atoms with van der Waals surface area (Å²) in [7, 11) is 1.27. The van der Waals surface area contributed by atoms with Crippen molar-refractivity contribution in [2.24, 2.45) is 0 Å². The zero-order valence-electron chi connectivity index (χ0n) is 12.0. The summed E-state index contributed by atoms with van der Waals surface area (Å²) in [6.45, 7) is 0.426. The number of carbonyl (C=O) groups excluding carboxylic acids is 2. The van der Waals surface area contributed by atoms with E-state index in [0.717, 1.165) is 24.8 Å². The smallest absolute Gasteiger partial charge is 0.325 e. The van der Waals surface area contributed by atoms with E-state index in [0.29, 0.717) is 6.54 Å². The molecule has 1 heterocycles. The van der Waals surface area contributed by atoms with Crippen molar-refractivity contribution >= 4 is 12.0 Å². The molecule has 2 amide bonds. The first-order valence-electron chi connectivity index (χ1n) is 6.98. The average molecular weight is 294 g/mol. The molecule has 5 nitrogen and oxygen atoms in total. The molecule has 0 spiro atoms. The molecule has 1 aromatic rings. The lowest BCUT2D eigenvalue weighted by Gasteiger charge is -2.36. The molecule has 1 aliphatic rings. The number of esters is 1. The molecule has 1 atom stereocenters. The number of urea groups is 1. The topological polar surface area (TPSA) is 58.6 Å². The van der Waals surface area contributed by atoms with Crippen molar-refractivity contribution in [1.29, 1.82) is 0 Å². The summed E-state index contributed by atoms with van der Waals surface area (Å²) < 4.78 is 17.9. The molecule has 1 aromatic carbocycles. The average Bonchev–Trinajstić information content (AvgIpc) is 2.52. The zero-order chi connectivity index (χ0) is 15.2. The predicted octanol–water partition coefficient (Wildman–Crippen LogP) is 2.24. The summed E-state index contributed by atoms with van der Waals surface area (Å²) in [5.74, 6) is -0.810. The first-order valence-corrected chi connectivity index (χ1v) is 6.98. The zero-order valence-corrected chi connectivity index (χ0v) is 12.0. The van der Waals surface area contributed by atoms with Gasteiger partial charge in [-0.1, -0.05) is 12.1 Å². The molecule has 1 aliphatic heterocycles. The van der Waals surface area contributed by atoms with Crippen molar-refractivity contribution in [2.45, 2.75) is 25.3 Å². The van der Waals surface area contributed by atoms with Gasteiger partial charge in [-0.2, -0.15) is 0 Å². The van der Waals surface area contributed by atoms with Crippen LogP contribution in [0.3, 0.4) is 0 Å². The Hall–Kier alpha value is -2.11. The van der Waals surface area contributed by atoms with Crippen molar-refractivity contribution in [3.8, 4) is 0 Å². The van der Waals surface area contributed by atoms with Crippen LogP contribution < -0.4 is 5.32 Å². The molecular formula is C15H19FN2O3. The molecule has 2 rings (SSSR count). The molecule has 0 aromatic heterocycles. The maximum absolute atomic E-state index is 13.4. The lowest BCUT2D eigenvalue weighted by atomic mass is 9.95. The van der Waals surface area contributed by atoms with Crippen molar-refractivity contribution < 1.29 is 18.7 Å². The summed E-state index contributed by atoms with van der Waals surface area (Å²) in [4.78, 5) is 24.9. The highest BCUT2D eigenvalue weighted by Crippen LogP contribution is 2.31. The maximum atomic E-state index is 13.4. The molecule has 114 valence electrons. The third-order valence-electron chi connectivity index (χ3n) is 3.61. The molecule has 1 N–H and O–H groups in total. The minimum Gasteiger partial charge on any atom is -0.468 e. The number of likely N-dealkylation sites (tertiary alicyclic amines) is 1. The van der Waals surface area contributed by atoms with Gasteiger partial charge in [0.15, 0.2) is 0 Å². The van der Waals surface area contributed by atoms with Crippen molar-refractivity contribution in [3.63, 3.8) is 0 Å². The Labute approximate surface area is 123 Å². The largest absolute Gasteiger partial charge is 0.468 e. The predicted molar refractivity (Wildman–Crippen MR) is 75.1 cm³/mol. The van der Waals surface area contributed by atoms with E-state index >= 15 is 0 Å². The number of nitrogens with zero attached hydrogens (tertiary/aromatic N) is 1. The van der Waals surface area contributed by atoms with Crippen LogP contribution in [0.25, 0.3) is 0 Å². The van der Waals surface area contributed by atoms with E-state index < -0.39 is 5.97 Å². The SMILES string of the molecule is COC(=O)CNC(=O)N1CCCC[C@H]1c1cccc(F)c1. The van der Waals surface area contributed by atoms with E-state index in [1.165, 1.54) is 19.2 Å². The number of methoxy groups -OCH3 is 1. The van der Waals surface area contributed by atoms with Crippen molar-refractivity contribution in [3.05, 3.63) is 35.6 Å². The van der Waals surface area contributed by atoms with Gasteiger partial charge in [-0.15, -0.1) is 0 Å². The lowest BCUT2D eigenvalue weighted by molar-refractivity contribution is -0.139. The van der Waals surface area contributed by atoms with E-state index in [-0.39, 0.29) is 24.4 Å². The summed E-state index contributed by atoms with van der Waals surface area (Å²) in [6.07, 6.45) is 2.68. The quantitative estimate of drug-likeness (QED) is 0.870. The number of nitrogens with one attached hydrogen (secondary N) is 1. The second-order valence-corrected chi connectivity index (χ2v) is 4.99. The Kier molecular flexibility index (Phi) is 5.14. The number of ether oxygens (including phenoxy) is 1. The fraction of sp³-hybridized carbons (Fsp3) is 0.467. The number of rotatable bonds is 3. The fourth-order valence-electron chi connectivity index (χ4n) is 2.56. The summed E-state index contributed by atoms with van der Waals surface area (Å²) in [6, 6.07) is 5.81. The number of halogens is 1. The van der Waals surface area contributed by atoms with Gasteiger partial charge >= 0.3 is 12.0 Å². The van der Waals surface area contributed by atoms with Gasteiger partial charge in [0.25, 0.3) is 0 Å². The highest BCUT2D eigenvalue weighted by atomic mass is 19.1. The second-order valence-electron chi connectivity index (χ2n) is 4.99. The van der Waals surface area contributed by atoms with Crippen molar-refractivity contribution in [2.75, 3.05) is 20.2 Å². The number of benzene rings is 1. The number of amides is 2. The number of piperidine rings is 1. The van der Waals surface area contributed by atoms with Gasteiger partial charge < -0.3 is 15.0 Å². The number of hydrogen-bond acceptors (Lipinski definition) is 3. The molecule has 0 unspecified atom stereocenters. The molecule has 0 bridgehead atoms. The molecule has 21 heavy (non-hydrogen) atoms. The Bertz CT molecular complexity index is 521. The van der Waals surface area contributed by atoms with Crippen LogP contribution in [0.2, 0.25) is 0 Å². The van der Waals surface area contributed by atoms with E-state index in [2.05, 4.69) is 10.1 Å². The first-order chi connectivity index (χ1) is 10.1. The Morgan fingerprint density at radius 1 is 1.43 bits per heavy atom. The minimum atomic E-state index is -0.498. The maximum Gasteiger partial charge on any atom is 0.325 e. The lowest BCUT2D eigenvalue weighted by Crippen LogP contribution is -2.46. The van der Waals surface area contributed by atoms with Gasteiger partial charge in [-0.05, 0) is 37.0 Å². The molecule has 6 heteroatoms. The monoisotopic (exact) mass is 294 g/mol. The first kappa shape index (κ1) is 15.3.